The van der Waals surface area contributed by atoms with Gasteiger partial charge in [0.25, 0.3) is 0 Å². The maximum absolute atomic E-state index is 6.11. The molecule has 0 saturated carbocycles. The molecule has 0 bridgehead atoms. The molecule has 7 heteroatoms. The second kappa shape index (κ2) is 4.43. The van der Waals surface area contributed by atoms with E-state index in [1.54, 1.807) is 11.3 Å². The maximum atomic E-state index is 6.11. The van der Waals surface area contributed by atoms with Crippen LogP contribution in [0.2, 0.25) is 5.15 Å². The van der Waals surface area contributed by atoms with E-state index in [0.29, 0.717) is 10.8 Å². The molecule has 4 nitrogen and oxygen atoms in total. The second-order valence-corrected chi connectivity index (χ2v) is 7.06. The zero-order valence-corrected chi connectivity index (χ0v) is 13.3. The molecule has 0 atom stereocenters. The number of halogens is 2. The number of nitrogens with zero attached hydrogens (tertiary/aromatic N) is 4. The van der Waals surface area contributed by atoms with Gasteiger partial charge in [-0.05, 0) is 42.5 Å². The fourth-order valence-electron chi connectivity index (χ4n) is 1.79. The van der Waals surface area contributed by atoms with Crippen molar-refractivity contribution in [2.45, 2.75) is 13.8 Å². The van der Waals surface area contributed by atoms with Crippen LogP contribution in [0.5, 0.6) is 0 Å². The van der Waals surface area contributed by atoms with Gasteiger partial charge in [0, 0.05) is 16.6 Å². The molecule has 3 aromatic rings. The van der Waals surface area contributed by atoms with Crippen molar-refractivity contribution in [1.29, 1.82) is 0 Å². The highest BCUT2D eigenvalue weighted by Gasteiger charge is 2.16. The largest absolute Gasteiger partial charge is 0.275 e. The molecule has 3 rings (SSSR count). The van der Waals surface area contributed by atoms with Gasteiger partial charge in [0.2, 0.25) is 0 Å². The molecule has 0 aliphatic carbocycles. The number of thiophene rings is 1. The number of aromatic nitrogens is 4. The normalized spacial score (nSPS) is 11.3. The van der Waals surface area contributed by atoms with Crippen molar-refractivity contribution < 1.29 is 0 Å². The number of fused-ring (bicyclic) bond motifs is 1. The number of hydrogen-bond donors (Lipinski definition) is 0. The van der Waals surface area contributed by atoms with Crippen molar-refractivity contribution in [3.05, 3.63) is 30.9 Å². The summed E-state index contributed by atoms with van der Waals surface area (Å²) in [6, 6.07) is 2.09. The van der Waals surface area contributed by atoms with E-state index in [-0.39, 0.29) is 0 Å². The minimum absolute atomic E-state index is 0.391. The fourth-order valence-corrected chi connectivity index (χ4v) is 3.36. The molecular formula is C11H8ClIN4S. The molecule has 18 heavy (non-hydrogen) atoms. The third-order valence-corrected chi connectivity index (χ3v) is 4.84. The lowest BCUT2D eigenvalue weighted by atomic mass is 10.3. The standard InChI is InChI=1S/C11H8ClIN4S/c1-5-6(2)17-10(7-3-8(13)18-4-7)15-16-11(17)9(12)14-5/h3-4H,1-2H3. The number of aryl methyl sites for hydroxylation is 2. The third kappa shape index (κ3) is 1.83. The summed E-state index contributed by atoms with van der Waals surface area (Å²) in [6.45, 7) is 3.93. The van der Waals surface area contributed by atoms with Gasteiger partial charge in [-0.15, -0.1) is 21.5 Å². The average Bonchev–Trinajstić information content (AvgIpc) is 2.91. The van der Waals surface area contributed by atoms with E-state index in [4.69, 9.17) is 11.6 Å². The minimum atomic E-state index is 0.391. The molecule has 0 aliphatic rings. The van der Waals surface area contributed by atoms with Crippen LogP contribution in [-0.2, 0) is 0 Å². The summed E-state index contributed by atoms with van der Waals surface area (Å²) < 4.78 is 3.18. The van der Waals surface area contributed by atoms with Crippen LogP contribution >= 0.6 is 45.5 Å². The van der Waals surface area contributed by atoms with E-state index < -0.39 is 0 Å². The summed E-state index contributed by atoms with van der Waals surface area (Å²) in [6.07, 6.45) is 0. The number of rotatable bonds is 1. The summed E-state index contributed by atoms with van der Waals surface area (Å²) >= 11 is 10.1. The van der Waals surface area contributed by atoms with Crippen molar-refractivity contribution in [1.82, 2.24) is 19.6 Å². The smallest absolute Gasteiger partial charge is 0.199 e. The molecule has 0 unspecified atom stereocenters. The first-order valence-electron chi connectivity index (χ1n) is 5.20. The third-order valence-electron chi connectivity index (χ3n) is 2.80. The van der Waals surface area contributed by atoms with Gasteiger partial charge in [-0.1, -0.05) is 11.6 Å². The first-order chi connectivity index (χ1) is 8.58. The van der Waals surface area contributed by atoms with Crippen LogP contribution in [0, 0.1) is 16.7 Å². The molecule has 0 fully saturated rings. The van der Waals surface area contributed by atoms with Crippen molar-refractivity contribution in [2.75, 3.05) is 0 Å². The predicted molar refractivity (Wildman–Crippen MR) is 81.3 cm³/mol. The Morgan fingerprint density at radius 2 is 2.11 bits per heavy atom. The summed E-state index contributed by atoms with van der Waals surface area (Å²) in [4.78, 5) is 4.26. The van der Waals surface area contributed by atoms with Crippen molar-refractivity contribution in [3.8, 4) is 11.4 Å². The van der Waals surface area contributed by atoms with Crippen LogP contribution in [0.15, 0.2) is 11.4 Å². The quantitative estimate of drug-likeness (QED) is 0.595. The molecule has 0 saturated heterocycles. The van der Waals surface area contributed by atoms with Crippen LogP contribution in [-0.4, -0.2) is 19.6 Å². The summed E-state index contributed by atoms with van der Waals surface area (Å²) in [5.41, 5.74) is 3.56. The van der Waals surface area contributed by atoms with Crippen molar-refractivity contribution >= 4 is 51.2 Å². The Balaban J connectivity index is 2.38. The zero-order valence-electron chi connectivity index (χ0n) is 9.61. The van der Waals surface area contributed by atoms with Gasteiger partial charge in [0.05, 0.1) is 8.58 Å². The van der Waals surface area contributed by atoms with Crippen LogP contribution in [0.3, 0.4) is 0 Å². The highest BCUT2D eigenvalue weighted by molar-refractivity contribution is 14.1. The Kier molecular flexibility index (Phi) is 3.03. The monoisotopic (exact) mass is 390 g/mol. The minimum Gasteiger partial charge on any atom is -0.275 e. The highest BCUT2D eigenvalue weighted by atomic mass is 127. The van der Waals surface area contributed by atoms with Gasteiger partial charge in [0.15, 0.2) is 16.6 Å². The van der Waals surface area contributed by atoms with E-state index in [1.807, 2.05) is 18.2 Å². The van der Waals surface area contributed by atoms with E-state index in [0.717, 1.165) is 22.8 Å². The van der Waals surface area contributed by atoms with Gasteiger partial charge < -0.3 is 0 Å². The first kappa shape index (κ1) is 12.3. The lowest BCUT2D eigenvalue weighted by Gasteiger charge is -2.06. The van der Waals surface area contributed by atoms with E-state index in [9.17, 15) is 0 Å². The van der Waals surface area contributed by atoms with E-state index in [1.165, 1.54) is 2.88 Å². The summed E-state index contributed by atoms with van der Waals surface area (Å²) in [5, 5.41) is 10.8. The molecule has 0 amide bonds. The second-order valence-electron chi connectivity index (χ2n) is 3.90. The predicted octanol–water partition coefficient (Wildman–Crippen LogP) is 3.73. The Morgan fingerprint density at radius 3 is 2.78 bits per heavy atom. The zero-order chi connectivity index (χ0) is 12.9. The van der Waals surface area contributed by atoms with Crippen LogP contribution < -0.4 is 0 Å². The highest BCUT2D eigenvalue weighted by Crippen LogP contribution is 2.28. The lowest BCUT2D eigenvalue weighted by Crippen LogP contribution is -2.00. The van der Waals surface area contributed by atoms with Gasteiger partial charge in [-0.25, -0.2) is 4.98 Å². The Bertz CT molecular complexity index is 749. The topological polar surface area (TPSA) is 43.1 Å². The van der Waals surface area contributed by atoms with Gasteiger partial charge in [-0.2, -0.15) is 0 Å². The van der Waals surface area contributed by atoms with E-state index >= 15 is 0 Å². The van der Waals surface area contributed by atoms with Crippen LogP contribution in [0.4, 0.5) is 0 Å². The van der Waals surface area contributed by atoms with Crippen molar-refractivity contribution in [2.24, 2.45) is 0 Å². The SMILES string of the molecule is Cc1nc(Cl)c2nnc(-c3csc(I)c3)n2c1C. The molecule has 0 N–H and O–H groups in total. The molecule has 3 heterocycles. The molecule has 3 aromatic heterocycles. The Labute approximate surface area is 126 Å². The first-order valence-corrected chi connectivity index (χ1v) is 7.54. The molecule has 92 valence electrons. The van der Waals surface area contributed by atoms with Crippen molar-refractivity contribution in [3.63, 3.8) is 0 Å². The molecule has 0 radical (unpaired) electrons. The van der Waals surface area contributed by atoms with Gasteiger partial charge in [-0.3, -0.25) is 4.40 Å². The maximum Gasteiger partial charge on any atom is 0.199 e. The fraction of sp³-hybridized carbons (Fsp3) is 0.182. The molecular weight excluding hydrogens is 383 g/mol. The summed E-state index contributed by atoms with van der Waals surface area (Å²) in [5.74, 6) is 0.814. The van der Waals surface area contributed by atoms with Gasteiger partial charge in [0.1, 0.15) is 0 Å². The number of hydrogen-bond acceptors (Lipinski definition) is 4. The Hall–Kier alpha value is -0.730. The lowest BCUT2D eigenvalue weighted by molar-refractivity contribution is 1.00. The van der Waals surface area contributed by atoms with Gasteiger partial charge >= 0.3 is 0 Å². The van der Waals surface area contributed by atoms with E-state index in [2.05, 4.69) is 49.2 Å². The summed E-state index contributed by atoms with van der Waals surface area (Å²) in [7, 11) is 0. The molecule has 0 aromatic carbocycles. The van der Waals surface area contributed by atoms with Crippen LogP contribution in [0.25, 0.3) is 17.0 Å². The average molecular weight is 391 g/mol. The molecule has 0 spiro atoms. The van der Waals surface area contributed by atoms with Crippen LogP contribution in [0.1, 0.15) is 11.4 Å². The Morgan fingerprint density at radius 1 is 1.33 bits per heavy atom. The molecule has 0 aliphatic heterocycles.